The summed E-state index contributed by atoms with van der Waals surface area (Å²) in [5, 5.41) is 0.0302. The number of rotatable bonds is 4. The molecule has 0 unspecified atom stereocenters. The Morgan fingerprint density at radius 1 is 1.14 bits per heavy atom. The highest BCUT2D eigenvalue weighted by atomic mass is 32.2. The van der Waals surface area contributed by atoms with Crippen molar-refractivity contribution in [2.75, 3.05) is 22.7 Å². The number of nitrogens with one attached hydrogen (secondary N) is 2. The van der Waals surface area contributed by atoms with Gasteiger partial charge in [-0.2, -0.15) is 8.42 Å². The Hall–Kier alpha value is -2.09. The molecule has 0 aliphatic carbocycles. The third-order valence-electron chi connectivity index (χ3n) is 3.44. The molecule has 3 rings (SSSR count). The zero-order chi connectivity index (χ0) is 14.7. The smallest absolute Gasteiger partial charge is 0.279 e. The van der Waals surface area contributed by atoms with Crippen LogP contribution in [-0.2, 0) is 10.0 Å². The first-order valence-electron chi connectivity index (χ1n) is 6.87. The van der Waals surface area contributed by atoms with Crippen LogP contribution in [0.25, 0.3) is 0 Å². The Labute approximate surface area is 123 Å². The summed E-state index contributed by atoms with van der Waals surface area (Å²) in [6.45, 7) is 2.01. The van der Waals surface area contributed by atoms with Gasteiger partial charge in [-0.25, -0.2) is 9.97 Å². The lowest BCUT2D eigenvalue weighted by Gasteiger charge is -2.27. The van der Waals surface area contributed by atoms with E-state index in [1.165, 1.54) is 38.0 Å². The molecule has 0 saturated carbocycles. The Morgan fingerprint density at radius 2 is 1.95 bits per heavy atom. The van der Waals surface area contributed by atoms with E-state index >= 15 is 0 Å². The molecule has 0 bridgehead atoms. The number of piperidine rings is 1. The molecule has 0 amide bonds. The number of aromatic nitrogens is 3. The average molecular weight is 307 g/mol. The van der Waals surface area contributed by atoms with Crippen LogP contribution in [0.1, 0.15) is 19.3 Å². The summed E-state index contributed by atoms with van der Waals surface area (Å²) in [5.41, 5.74) is 0.436. The van der Waals surface area contributed by atoms with E-state index in [0.29, 0.717) is 5.69 Å². The molecule has 2 aromatic rings. The summed E-state index contributed by atoms with van der Waals surface area (Å²) in [5.74, 6) is 0.888. The van der Waals surface area contributed by atoms with Gasteiger partial charge in [-0.3, -0.25) is 4.72 Å². The summed E-state index contributed by atoms with van der Waals surface area (Å²) >= 11 is 0. The van der Waals surface area contributed by atoms with Crippen LogP contribution >= 0.6 is 0 Å². The molecule has 112 valence electrons. The van der Waals surface area contributed by atoms with Gasteiger partial charge in [-0.1, -0.05) is 0 Å². The van der Waals surface area contributed by atoms with E-state index in [0.717, 1.165) is 18.9 Å². The fourth-order valence-electron chi connectivity index (χ4n) is 2.36. The molecule has 7 nitrogen and oxygen atoms in total. The molecule has 21 heavy (non-hydrogen) atoms. The second-order valence-electron chi connectivity index (χ2n) is 4.97. The number of anilines is 2. The molecular formula is C13H17N5O2S. The van der Waals surface area contributed by atoms with Gasteiger partial charge in [0, 0.05) is 13.1 Å². The number of hydrogen-bond acceptors (Lipinski definition) is 5. The van der Waals surface area contributed by atoms with Crippen molar-refractivity contribution in [2.45, 2.75) is 24.3 Å². The van der Waals surface area contributed by atoms with Gasteiger partial charge in [0.2, 0.25) is 0 Å². The Balaban J connectivity index is 1.72. The number of hydrogen-bond donors (Lipinski definition) is 2. The SMILES string of the molecule is O=S(=O)(Nc1ccc(N2CCCCC2)nc1)c1cnc[nH]1. The minimum Gasteiger partial charge on any atom is -0.357 e. The van der Waals surface area contributed by atoms with Gasteiger partial charge in [-0.15, -0.1) is 0 Å². The molecule has 0 atom stereocenters. The van der Waals surface area contributed by atoms with E-state index in [1.54, 1.807) is 6.07 Å². The number of sulfonamides is 1. The van der Waals surface area contributed by atoms with Gasteiger partial charge in [0.25, 0.3) is 10.0 Å². The monoisotopic (exact) mass is 307 g/mol. The predicted octanol–water partition coefficient (Wildman–Crippen LogP) is 1.60. The first-order chi connectivity index (χ1) is 10.1. The lowest BCUT2D eigenvalue weighted by molar-refractivity contribution is 0.573. The first-order valence-corrected chi connectivity index (χ1v) is 8.36. The number of nitrogens with zero attached hydrogens (tertiary/aromatic N) is 3. The molecule has 0 radical (unpaired) electrons. The largest absolute Gasteiger partial charge is 0.357 e. The normalized spacial score (nSPS) is 15.9. The van der Waals surface area contributed by atoms with Gasteiger partial charge < -0.3 is 9.88 Å². The van der Waals surface area contributed by atoms with Crippen molar-refractivity contribution in [1.29, 1.82) is 0 Å². The Morgan fingerprint density at radius 3 is 2.57 bits per heavy atom. The van der Waals surface area contributed by atoms with Gasteiger partial charge in [0.1, 0.15) is 5.82 Å². The molecule has 0 aromatic carbocycles. The molecule has 3 heterocycles. The van der Waals surface area contributed by atoms with Gasteiger partial charge in [0.15, 0.2) is 5.03 Å². The second kappa shape index (κ2) is 5.72. The van der Waals surface area contributed by atoms with Crippen LogP contribution in [0.5, 0.6) is 0 Å². The second-order valence-corrected chi connectivity index (χ2v) is 6.62. The Bertz CT molecular complexity index is 676. The van der Waals surface area contributed by atoms with E-state index in [2.05, 4.69) is 24.6 Å². The Kier molecular flexibility index (Phi) is 3.78. The molecule has 1 aliphatic heterocycles. The third kappa shape index (κ3) is 3.15. The summed E-state index contributed by atoms with van der Waals surface area (Å²) in [7, 11) is -3.63. The molecule has 1 saturated heterocycles. The van der Waals surface area contributed by atoms with Crippen molar-refractivity contribution in [3.8, 4) is 0 Å². The van der Waals surface area contributed by atoms with Crippen LogP contribution in [0, 0.1) is 0 Å². The fraction of sp³-hybridized carbons (Fsp3) is 0.385. The number of aromatic amines is 1. The molecule has 1 aliphatic rings. The van der Waals surface area contributed by atoms with Gasteiger partial charge >= 0.3 is 0 Å². The molecule has 0 spiro atoms. The fourth-order valence-corrected chi connectivity index (χ4v) is 3.31. The highest BCUT2D eigenvalue weighted by molar-refractivity contribution is 7.92. The number of H-pyrrole nitrogens is 1. The molecule has 2 aromatic heterocycles. The van der Waals surface area contributed by atoms with Crippen LogP contribution < -0.4 is 9.62 Å². The summed E-state index contributed by atoms with van der Waals surface area (Å²) in [6.07, 6.45) is 7.74. The van der Waals surface area contributed by atoms with Crippen molar-refractivity contribution in [3.05, 3.63) is 30.9 Å². The number of pyridine rings is 1. The first kappa shape index (κ1) is 13.9. The van der Waals surface area contributed by atoms with Gasteiger partial charge in [0.05, 0.1) is 24.4 Å². The average Bonchev–Trinajstić information content (AvgIpc) is 3.04. The van der Waals surface area contributed by atoms with Crippen LogP contribution in [-0.4, -0.2) is 36.5 Å². The quantitative estimate of drug-likeness (QED) is 0.895. The van der Waals surface area contributed by atoms with E-state index in [-0.39, 0.29) is 5.03 Å². The van der Waals surface area contributed by atoms with Crippen LogP contribution in [0.15, 0.2) is 35.9 Å². The van der Waals surface area contributed by atoms with E-state index in [9.17, 15) is 8.42 Å². The highest BCUT2D eigenvalue weighted by Gasteiger charge is 2.16. The topological polar surface area (TPSA) is 91.0 Å². The van der Waals surface area contributed by atoms with Gasteiger partial charge in [-0.05, 0) is 31.4 Å². The predicted molar refractivity (Wildman–Crippen MR) is 79.7 cm³/mol. The lowest BCUT2D eigenvalue weighted by atomic mass is 10.1. The third-order valence-corrected chi connectivity index (χ3v) is 4.75. The maximum Gasteiger partial charge on any atom is 0.279 e. The van der Waals surface area contributed by atoms with Crippen molar-refractivity contribution >= 4 is 21.5 Å². The van der Waals surface area contributed by atoms with E-state index < -0.39 is 10.0 Å². The molecule has 8 heteroatoms. The summed E-state index contributed by atoms with van der Waals surface area (Å²) < 4.78 is 26.5. The molecular weight excluding hydrogens is 290 g/mol. The highest BCUT2D eigenvalue weighted by Crippen LogP contribution is 2.20. The van der Waals surface area contributed by atoms with Crippen LogP contribution in [0.3, 0.4) is 0 Å². The summed E-state index contributed by atoms with van der Waals surface area (Å²) in [4.78, 5) is 12.8. The minimum absolute atomic E-state index is 0.0302. The zero-order valence-electron chi connectivity index (χ0n) is 11.5. The summed E-state index contributed by atoms with van der Waals surface area (Å²) in [6, 6.07) is 3.57. The zero-order valence-corrected chi connectivity index (χ0v) is 12.3. The minimum atomic E-state index is -3.63. The van der Waals surface area contributed by atoms with Crippen LogP contribution in [0.2, 0.25) is 0 Å². The van der Waals surface area contributed by atoms with Crippen molar-refractivity contribution in [3.63, 3.8) is 0 Å². The van der Waals surface area contributed by atoms with E-state index in [4.69, 9.17) is 0 Å². The lowest BCUT2D eigenvalue weighted by Crippen LogP contribution is -2.30. The van der Waals surface area contributed by atoms with E-state index in [1.807, 2.05) is 6.07 Å². The maximum absolute atomic E-state index is 12.0. The molecule has 2 N–H and O–H groups in total. The maximum atomic E-state index is 12.0. The van der Waals surface area contributed by atoms with Crippen molar-refractivity contribution in [1.82, 2.24) is 15.0 Å². The van der Waals surface area contributed by atoms with Crippen molar-refractivity contribution < 1.29 is 8.42 Å². The van der Waals surface area contributed by atoms with Crippen LogP contribution in [0.4, 0.5) is 11.5 Å². The number of imidazole rings is 1. The molecule has 1 fully saturated rings. The van der Waals surface area contributed by atoms with Crippen molar-refractivity contribution in [2.24, 2.45) is 0 Å². The standard InChI is InChI=1S/C13H17N5O2S/c19-21(20,13-9-14-10-16-13)17-11-4-5-12(15-8-11)18-6-2-1-3-7-18/h4-5,8-10,17H,1-3,6-7H2,(H,14,16).